The molecule has 0 amide bonds. The summed E-state index contributed by atoms with van der Waals surface area (Å²) in [6.07, 6.45) is 1.42. The van der Waals surface area contributed by atoms with E-state index in [4.69, 9.17) is 19.7 Å². The van der Waals surface area contributed by atoms with Gasteiger partial charge in [0.2, 0.25) is 5.79 Å². The van der Waals surface area contributed by atoms with Crippen molar-refractivity contribution < 1.29 is 24.8 Å². The molecule has 0 bridgehead atoms. The molecule has 1 saturated heterocycles. The molecule has 0 saturated carbocycles. The number of unbranched alkanes of at least 4 members (excludes halogenated alkanes) is 1. The van der Waals surface area contributed by atoms with E-state index in [2.05, 4.69) is 0 Å². The minimum absolute atomic E-state index is 0.0879. The van der Waals surface area contributed by atoms with Gasteiger partial charge in [0.1, 0.15) is 6.10 Å². The molecule has 1 aliphatic rings. The molecular formula is C21H28O5. The summed E-state index contributed by atoms with van der Waals surface area (Å²) in [4.78, 5) is 0. The van der Waals surface area contributed by atoms with E-state index in [1.54, 1.807) is 0 Å². The second-order valence-corrected chi connectivity index (χ2v) is 6.12. The first kappa shape index (κ1) is 20.6. The van der Waals surface area contributed by atoms with E-state index >= 15 is 0 Å². The van der Waals surface area contributed by atoms with Crippen LogP contribution in [-0.2, 0) is 15.3 Å². The monoisotopic (exact) mass is 360 g/mol. The number of rotatable bonds is 7. The minimum atomic E-state index is -1.19. The molecule has 26 heavy (non-hydrogen) atoms. The summed E-state index contributed by atoms with van der Waals surface area (Å²) < 4.78 is 12.3. The summed E-state index contributed by atoms with van der Waals surface area (Å²) in [5.41, 5.74) is 1.57. The summed E-state index contributed by atoms with van der Waals surface area (Å²) in [5.74, 6) is -1.19. The van der Waals surface area contributed by atoms with Gasteiger partial charge in [0.15, 0.2) is 0 Å². The number of aliphatic hydroxyl groups is 3. The molecule has 1 heterocycles. The van der Waals surface area contributed by atoms with Crippen LogP contribution in [-0.4, -0.2) is 41.7 Å². The van der Waals surface area contributed by atoms with Gasteiger partial charge in [-0.15, -0.1) is 0 Å². The Bertz CT molecular complexity index is 619. The summed E-state index contributed by atoms with van der Waals surface area (Å²) in [6.45, 7) is 0.619. The van der Waals surface area contributed by atoms with Crippen LogP contribution in [0.4, 0.5) is 0 Å². The first-order chi connectivity index (χ1) is 12.8. The normalized spacial score (nSPS) is 23.2. The molecule has 5 heteroatoms. The van der Waals surface area contributed by atoms with E-state index in [9.17, 15) is 5.11 Å². The highest BCUT2D eigenvalue weighted by Gasteiger charge is 2.49. The maximum absolute atomic E-state index is 11.0. The third kappa shape index (κ3) is 4.69. The molecular weight excluding hydrogens is 332 g/mol. The molecule has 0 radical (unpaired) electrons. The maximum atomic E-state index is 11.0. The van der Waals surface area contributed by atoms with E-state index < -0.39 is 11.9 Å². The van der Waals surface area contributed by atoms with Crippen molar-refractivity contribution >= 4 is 0 Å². The quantitative estimate of drug-likeness (QED) is 0.662. The van der Waals surface area contributed by atoms with Gasteiger partial charge in [-0.25, -0.2) is 0 Å². The minimum Gasteiger partial charge on any atom is -0.400 e. The molecule has 3 unspecified atom stereocenters. The lowest BCUT2D eigenvalue weighted by Crippen LogP contribution is -2.35. The molecule has 142 valence electrons. The van der Waals surface area contributed by atoms with E-state index in [0.717, 1.165) is 37.5 Å². The van der Waals surface area contributed by atoms with Crippen molar-refractivity contribution in [3.05, 3.63) is 71.8 Å². The summed E-state index contributed by atoms with van der Waals surface area (Å²) >= 11 is 0. The third-order valence-corrected chi connectivity index (χ3v) is 4.41. The molecule has 3 atom stereocenters. The largest absolute Gasteiger partial charge is 0.400 e. The van der Waals surface area contributed by atoms with Gasteiger partial charge in [-0.2, -0.15) is 0 Å². The molecule has 0 spiro atoms. The van der Waals surface area contributed by atoms with E-state index in [0.29, 0.717) is 6.61 Å². The Hall–Kier alpha value is -1.76. The lowest BCUT2D eigenvalue weighted by molar-refractivity contribution is -0.241. The fraction of sp³-hybridized carbons (Fsp3) is 0.429. The lowest BCUT2D eigenvalue weighted by Gasteiger charge is -2.33. The second kappa shape index (κ2) is 10.4. The molecule has 2 aromatic rings. The van der Waals surface area contributed by atoms with Crippen LogP contribution in [0.3, 0.4) is 0 Å². The first-order valence-electron chi connectivity index (χ1n) is 8.92. The fourth-order valence-electron chi connectivity index (χ4n) is 3.14. The molecule has 0 aromatic heterocycles. The number of hydrogen-bond donors (Lipinski definition) is 3. The summed E-state index contributed by atoms with van der Waals surface area (Å²) in [6, 6.07) is 19.1. The Balaban J connectivity index is 0.00000117. The lowest BCUT2D eigenvalue weighted by atomic mass is 9.94. The first-order valence-corrected chi connectivity index (χ1v) is 8.92. The van der Waals surface area contributed by atoms with Crippen molar-refractivity contribution in [1.29, 1.82) is 0 Å². The zero-order chi connectivity index (χ0) is 18.8. The highest BCUT2D eigenvalue weighted by molar-refractivity contribution is 5.28. The third-order valence-electron chi connectivity index (χ3n) is 4.41. The number of benzene rings is 2. The highest BCUT2D eigenvalue weighted by atomic mass is 16.8. The summed E-state index contributed by atoms with van der Waals surface area (Å²) in [5, 5.41) is 27.0. The Morgan fingerprint density at radius 2 is 1.62 bits per heavy atom. The van der Waals surface area contributed by atoms with Gasteiger partial charge < -0.3 is 24.8 Å². The molecule has 1 aliphatic heterocycles. The van der Waals surface area contributed by atoms with Crippen LogP contribution in [0, 0.1) is 0 Å². The zero-order valence-electron chi connectivity index (χ0n) is 15.1. The van der Waals surface area contributed by atoms with Crippen LogP contribution in [0.1, 0.15) is 36.5 Å². The molecule has 3 N–H and O–H groups in total. The fourth-order valence-corrected chi connectivity index (χ4v) is 3.14. The standard InChI is InChI=1S/C20H24O4.CH4O/c21-14-8-7-13-18-15-23-20(24-18,17-11-5-2-6-12-17)19(22)16-9-3-1-4-10-16;1-2/h1-6,9-12,18-19,21-22H,7-8,13-15H2;2H,1H3. The average Bonchev–Trinajstić information content (AvgIpc) is 3.16. The average molecular weight is 360 g/mol. The van der Waals surface area contributed by atoms with Crippen LogP contribution in [0.15, 0.2) is 60.7 Å². The van der Waals surface area contributed by atoms with Crippen molar-refractivity contribution in [2.45, 2.75) is 37.3 Å². The van der Waals surface area contributed by atoms with Gasteiger partial charge in [0, 0.05) is 19.3 Å². The predicted molar refractivity (Wildman–Crippen MR) is 99.4 cm³/mol. The molecule has 2 aromatic carbocycles. The second-order valence-electron chi connectivity index (χ2n) is 6.12. The molecule has 1 fully saturated rings. The molecule has 0 aliphatic carbocycles. The SMILES string of the molecule is CO.OCCCCC1COC(c2ccccc2)(C(O)c2ccccc2)O1. The highest BCUT2D eigenvalue weighted by Crippen LogP contribution is 2.45. The number of ether oxygens (including phenoxy) is 2. The number of hydrogen-bond acceptors (Lipinski definition) is 5. The van der Waals surface area contributed by atoms with Crippen LogP contribution < -0.4 is 0 Å². The van der Waals surface area contributed by atoms with Crippen molar-refractivity contribution in [3.8, 4) is 0 Å². The van der Waals surface area contributed by atoms with Crippen molar-refractivity contribution in [2.75, 3.05) is 20.3 Å². The Labute approximate surface area is 154 Å². The van der Waals surface area contributed by atoms with E-state index in [1.807, 2.05) is 60.7 Å². The van der Waals surface area contributed by atoms with Gasteiger partial charge in [0.05, 0.1) is 12.7 Å². The van der Waals surface area contributed by atoms with Crippen LogP contribution in [0.2, 0.25) is 0 Å². The topological polar surface area (TPSA) is 79.2 Å². The van der Waals surface area contributed by atoms with Gasteiger partial charge in [-0.05, 0) is 24.8 Å². The van der Waals surface area contributed by atoms with Crippen LogP contribution in [0.5, 0.6) is 0 Å². The van der Waals surface area contributed by atoms with E-state index in [1.165, 1.54) is 0 Å². The molecule has 5 nitrogen and oxygen atoms in total. The summed E-state index contributed by atoms with van der Waals surface area (Å²) in [7, 11) is 1.00. The van der Waals surface area contributed by atoms with Gasteiger partial charge in [-0.1, -0.05) is 60.7 Å². The zero-order valence-corrected chi connectivity index (χ0v) is 15.1. The van der Waals surface area contributed by atoms with E-state index in [-0.39, 0.29) is 12.7 Å². The van der Waals surface area contributed by atoms with Gasteiger partial charge >= 0.3 is 0 Å². The predicted octanol–water partition coefficient (Wildman–Crippen LogP) is 2.76. The van der Waals surface area contributed by atoms with Crippen LogP contribution in [0.25, 0.3) is 0 Å². The Morgan fingerprint density at radius 3 is 2.23 bits per heavy atom. The van der Waals surface area contributed by atoms with Crippen molar-refractivity contribution in [3.63, 3.8) is 0 Å². The van der Waals surface area contributed by atoms with Gasteiger partial charge in [0.25, 0.3) is 0 Å². The molecule has 3 rings (SSSR count). The maximum Gasteiger partial charge on any atom is 0.226 e. The Kier molecular flexibility index (Phi) is 8.22. The van der Waals surface area contributed by atoms with Crippen molar-refractivity contribution in [1.82, 2.24) is 0 Å². The smallest absolute Gasteiger partial charge is 0.226 e. The number of aliphatic hydroxyl groups excluding tert-OH is 3. The van der Waals surface area contributed by atoms with Gasteiger partial charge in [-0.3, -0.25) is 0 Å². The Morgan fingerprint density at radius 1 is 1.00 bits per heavy atom. The van der Waals surface area contributed by atoms with Crippen LogP contribution >= 0.6 is 0 Å². The van der Waals surface area contributed by atoms with Crippen molar-refractivity contribution in [2.24, 2.45) is 0 Å².